The lowest BCUT2D eigenvalue weighted by Crippen LogP contribution is -2.36. The number of hydrogen-bond acceptors (Lipinski definition) is 3. The molecule has 2 heterocycles. The molecular weight excluding hydrogens is 282 g/mol. The Bertz CT molecular complexity index is 622. The molecule has 0 spiro atoms. The Morgan fingerprint density at radius 3 is 2.67 bits per heavy atom. The molecule has 2 aromatic rings. The molecule has 0 N–H and O–H groups in total. The fraction of sp³-hybridized carbons (Fsp3) is 0.294. The number of Topliss-reactive ketones (excluding diaryl/α,β-unsaturated/α-hetero) is 1. The van der Waals surface area contributed by atoms with Crippen LogP contribution in [-0.2, 0) is 0 Å². The van der Waals surface area contributed by atoms with Gasteiger partial charge in [-0.05, 0) is 24.3 Å². The van der Waals surface area contributed by atoms with E-state index in [-0.39, 0.29) is 17.7 Å². The first-order valence-electron chi connectivity index (χ1n) is 7.17. The molecule has 0 radical (unpaired) electrons. The highest BCUT2D eigenvalue weighted by Crippen LogP contribution is 2.24. The molecule has 1 saturated heterocycles. The van der Waals surface area contributed by atoms with E-state index in [1.165, 1.54) is 11.3 Å². The van der Waals surface area contributed by atoms with Gasteiger partial charge in [0, 0.05) is 30.0 Å². The summed E-state index contributed by atoms with van der Waals surface area (Å²) in [5, 5.41) is 3.78. The van der Waals surface area contributed by atoms with Gasteiger partial charge in [0.15, 0.2) is 5.78 Å². The van der Waals surface area contributed by atoms with Gasteiger partial charge in [0.2, 0.25) is 0 Å². The minimum absolute atomic E-state index is 0.0325. The Morgan fingerprint density at radius 1 is 1.14 bits per heavy atom. The average molecular weight is 299 g/mol. The number of likely N-dealkylation sites (tertiary alicyclic amines) is 1. The van der Waals surface area contributed by atoms with Gasteiger partial charge in [-0.3, -0.25) is 9.59 Å². The number of ketones is 1. The van der Waals surface area contributed by atoms with Crippen LogP contribution in [0.5, 0.6) is 0 Å². The van der Waals surface area contributed by atoms with Gasteiger partial charge in [-0.15, -0.1) is 0 Å². The Kier molecular flexibility index (Phi) is 4.15. The summed E-state index contributed by atoms with van der Waals surface area (Å²) in [6.45, 7) is 0.751. The Morgan fingerprint density at radius 2 is 1.95 bits per heavy atom. The van der Waals surface area contributed by atoms with Crippen LogP contribution in [0.15, 0.2) is 47.2 Å². The second-order valence-corrected chi connectivity index (χ2v) is 6.08. The van der Waals surface area contributed by atoms with Gasteiger partial charge in [-0.1, -0.05) is 30.3 Å². The number of rotatable bonds is 4. The summed E-state index contributed by atoms with van der Waals surface area (Å²) in [7, 11) is 0. The predicted octanol–water partition coefficient (Wildman–Crippen LogP) is 3.63. The minimum atomic E-state index is 0.0325. The Labute approximate surface area is 128 Å². The van der Waals surface area contributed by atoms with E-state index in [0.717, 1.165) is 30.5 Å². The number of thiophene rings is 1. The van der Waals surface area contributed by atoms with Gasteiger partial charge < -0.3 is 4.90 Å². The van der Waals surface area contributed by atoms with Gasteiger partial charge in [0.25, 0.3) is 5.91 Å². The van der Waals surface area contributed by atoms with Crippen LogP contribution in [0.3, 0.4) is 0 Å². The van der Waals surface area contributed by atoms with Crippen molar-refractivity contribution in [3.05, 3.63) is 58.3 Å². The number of carbonyl (C=O) groups is 2. The van der Waals surface area contributed by atoms with Crippen molar-refractivity contribution < 1.29 is 9.59 Å². The summed E-state index contributed by atoms with van der Waals surface area (Å²) < 4.78 is 0. The van der Waals surface area contributed by atoms with Crippen molar-refractivity contribution in [2.24, 2.45) is 0 Å². The molecule has 1 aliphatic rings. The maximum Gasteiger partial charge on any atom is 0.254 e. The predicted molar refractivity (Wildman–Crippen MR) is 83.8 cm³/mol. The molecule has 21 heavy (non-hydrogen) atoms. The summed E-state index contributed by atoms with van der Waals surface area (Å²) in [5.41, 5.74) is 1.46. The highest BCUT2D eigenvalue weighted by atomic mass is 32.1. The molecule has 1 atom stereocenters. The summed E-state index contributed by atoms with van der Waals surface area (Å²) in [4.78, 5) is 26.6. The highest BCUT2D eigenvalue weighted by Gasteiger charge is 2.31. The van der Waals surface area contributed by atoms with Crippen LogP contribution in [0.2, 0.25) is 0 Å². The third-order valence-corrected chi connectivity index (χ3v) is 4.61. The van der Waals surface area contributed by atoms with Gasteiger partial charge in [0.05, 0.1) is 5.56 Å². The lowest BCUT2D eigenvalue weighted by Gasteiger charge is -2.24. The SMILES string of the molecule is O=C(C[C@H]1CCCN1C(=O)c1ccsc1)c1ccccc1. The fourth-order valence-corrected chi connectivity index (χ4v) is 3.45. The molecule has 0 aliphatic carbocycles. The van der Waals surface area contributed by atoms with Gasteiger partial charge in [-0.25, -0.2) is 0 Å². The van der Waals surface area contributed by atoms with E-state index >= 15 is 0 Å². The third kappa shape index (κ3) is 3.05. The number of amides is 1. The van der Waals surface area contributed by atoms with Crippen LogP contribution in [0.4, 0.5) is 0 Å². The van der Waals surface area contributed by atoms with E-state index in [2.05, 4.69) is 0 Å². The first kappa shape index (κ1) is 14.0. The number of benzene rings is 1. The zero-order valence-corrected chi connectivity index (χ0v) is 12.5. The molecule has 4 heteroatoms. The zero-order valence-electron chi connectivity index (χ0n) is 11.7. The summed E-state index contributed by atoms with van der Waals surface area (Å²) in [5.74, 6) is 0.172. The molecule has 0 unspecified atom stereocenters. The molecule has 1 aromatic carbocycles. The average Bonchev–Trinajstić information content (AvgIpc) is 3.19. The lowest BCUT2D eigenvalue weighted by molar-refractivity contribution is 0.0717. The molecule has 1 aromatic heterocycles. The summed E-state index contributed by atoms with van der Waals surface area (Å²) >= 11 is 1.52. The van der Waals surface area contributed by atoms with E-state index in [1.54, 1.807) is 0 Å². The molecule has 0 saturated carbocycles. The van der Waals surface area contributed by atoms with E-state index in [4.69, 9.17) is 0 Å². The molecule has 3 rings (SSSR count). The minimum Gasteiger partial charge on any atom is -0.335 e. The van der Waals surface area contributed by atoms with Crippen molar-refractivity contribution in [2.75, 3.05) is 6.54 Å². The Balaban J connectivity index is 1.70. The molecule has 1 aliphatic heterocycles. The van der Waals surface area contributed by atoms with Crippen LogP contribution >= 0.6 is 11.3 Å². The van der Waals surface area contributed by atoms with Crippen molar-refractivity contribution in [2.45, 2.75) is 25.3 Å². The second kappa shape index (κ2) is 6.22. The molecular formula is C17H17NO2S. The van der Waals surface area contributed by atoms with Gasteiger partial charge >= 0.3 is 0 Å². The quantitative estimate of drug-likeness (QED) is 0.809. The number of nitrogens with zero attached hydrogens (tertiary/aromatic N) is 1. The van der Waals surface area contributed by atoms with E-state index < -0.39 is 0 Å². The first-order chi connectivity index (χ1) is 10.3. The van der Waals surface area contributed by atoms with Gasteiger partial charge in [-0.2, -0.15) is 11.3 Å². The maximum atomic E-state index is 12.5. The van der Waals surface area contributed by atoms with Crippen LogP contribution in [0.25, 0.3) is 0 Å². The first-order valence-corrected chi connectivity index (χ1v) is 8.11. The van der Waals surface area contributed by atoms with E-state index in [0.29, 0.717) is 6.42 Å². The van der Waals surface area contributed by atoms with Crippen molar-refractivity contribution in [3.63, 3.8) is 0 Å². The maximum absolute atomic E-state index is 12.5. The largest absolute Gasteiger partial charge is 0.335 e. The smallest absolute Gasteiger partial charge is 0.254 e. The van der Waals surface area contributed by atoms with Crippen molar-refractivity contribution in [1.29, 1.82) is 0 Å². The standard InChI is InChI=1S/C17H17NO2S/c19-16(13-5-2-1-3-6-13)11-15-7-4-9-18(15)17(20)14-8-10-21-12-14/h1-3,5-6,8,10,12,15H,4,7,9,11H2/t15-/m1/s1. The van der Waals surface area contributed by atoms with Crippen molar-refractivity contribution in [1.82, 2.24) is 4.90 Å². The lowest BCUT2D eigenvalue weighted by atomic mass is 10.0. The topological polar surface area (TPSA) is 37.4 Å². The molecule has 3 nitrogen and oxygen atoms in total. The van der Waals surface area contributed by atoms with E-state index in [9.17, 15) is 9.59 Å². The van der Waals surface area contributed by atoms with E-state index in [1.807, 2.05) is 52.1 Å². The molecule has 1 fully saturated rings. The number of carbonyl (C=O) groups excluding carboxylic acids is 2. The monoisotopic (exact) mass is 299 g/mol. The van der Waals surface area contributed by atoms with Crippen LogP contribution < -0.4 is 0 Å². The zero-order chi connectivity index (χ0) is 14.7. The highest BCUT2D eigenvalue weighted by molar-refractivity contribution is 7.08. The summed E-state index contributed by atoms with van der Waals surface area (Å²) in [6, 6.07) is 11.2. The van der Waals surface area contributed by atoms with Gasteiger partial charge in [0.1, 0.15) is 0 Å². The van der Waals surface area contributed by atoms with Crippen molar-refractivity contribution >= 4 is 23.0 Å². The van der Waals surface area contributed by atoms with Crippen LogP contribution in [0, 0.1) is 0 Å². The molecule has 108 valence electrons. The fourth-order valence-electron chi connectivity index (χ4n) is 2.82. The summed E-state index contributed by atoms with van der Waals surface area (Å²) in [6.07, 6.45) is 2.30. The number of hydrogen-bond donors (Lipinski definition) is 0. The molecule has 0 bridgehead atoms. The normalized spacial score (nSPS) is 17.9. The second-order valence-electron chi connectivity index (χ2n) is 5.30. The Hall–Kier alpha value is -1.94. The van der Waals surface area contributed by atoms with Crippen LogP contribution in [0.1, 0.15) is 40.0 Å². The molecule has 1 amide bonds. The van der Waals surface area contributed by atoms with Crippen molar-refractivity contribution in [3.8, 4) is 0 Å². The van der Waals surface area contributed by atoms with Crippen LogP contribution in [-0.4, -0.2) is 29.2 Å². The third-order valence-electron chi connectivity index (χ3n) is 3.92.